The quantitative estimate of drug-likeness (QED) is 0.831. The Balaban J connectivity index is 1.84. The molecule has 84 valence electrons. The fraction of sp³-hybridized carbons (Fsp3) is 0.636. The summed E-state index contributed by atoms with van der Waals surface area (Å²) in [4.78, 5) is 0. The maximum atomic E-state index is 3.65. The van der Waals surface area contributed by atoms with Crippen LogP contribution in [0.1, 0.15) is 37.7 Å². The molecule has 1 aliphatic carbocycles. The summed E-state index contributed by atoms with van der Waals surface area (Å²) >= 11 is 8.85. The Kier molecular flexibility index (Phi) is 4.68. The molecule has 0 unspecified atom stereocenters. The van der Waals surface area contributed by atoms with Crippen molar-refractivity contribution in [2.45, 2.75) is 44.7 Å². The van der Waals surface area contributed by atoms with Gasteiger partial charge in [-0.3, -0.25) is 0 Å². The van der Waals surface area contributed by atoms with Crippen LogP contribution >= 0.6 is 43.2 Å². The first-order chi connectivity index (χ1) is 7.25. The van der Waals surface area contributed by atoms with E-state index in [1.165, 1.54) is 45.2 Å². The van der Waals surface area contributed by atoms with Crippen LogP contribution in [0.25, 0.3) is 0 Å². The lowest BCUT2D eigenvalue weighted by atomic mass is 9.95. The van der Waals surface area contributed by atoms with Crippen LogP contribution in [0, 0.1) is 0 Å². The number of hydrogen-bond donors (Lipinski definition) is 1. The molecule has 2 rings (SSSR count). The van der Waals surface area contributed by atoms with Gasteiger partial charge in [-0.05, 0) is 56.3 Å². The highest BCUT2D eigenvalue weighted by atomic mass is 79.9. The molecule has 15 heavy (non-hydrogen) atoms. The average Bonchev–Trinajstić information content (AvgIpc) is 2.56. The molecule has 1 aliphatic rings. The van der Waals surface area contributed by atoms with Crippen LogP contribution in [0.5, 0.6) is 0 Å². The summed E-state index contributed by atoms with van der Waals surface area (Å²) in [5.74, 6) is 0. The lowest BCUT2D eigenvalue weighted by Crippen LogP contribution is -2.30. The van der Waals surface area contributed by atoms with Gasteiger partial charge in [0.1, 0.15) is 0 Å². The minimum absolute atomic E-state index is 0.740. The Bertz CT molecular complexity index is 318. The average molecular weight is 353 g/mol. The Labute approximate surface area is 112 Å². The lowest BCUT2D eigenvalue weighted by molar-refractivity contribution is 0.372. The van der Waals surface area contributed by atoms with E-state index in [-0.39, 0.29) is 0 Å². The predicted molar refractivity (Wildman–Crippen MR) is 73.4 cm³/mol. The molecule has 0 aromatic carbocycles. The summed E-state index contributed by atoms with van der Waals surface area (Å²) in [5.41, 5.74) is 1.37. The highest BCUT2D eigenvalue weighted by Gasteiger charge is 2.13. The zero-order chi connectivity index (χ0) is 10.7. The van der Waals surface area contributed by atoms with Gasteiger partial charge in [0.2, 0.25) is 0 Å². The van der Waals surface area contributed by atoms with Crippen LogP contribution in [0.2, 0.25) is 0 Å². The second-order valence-electron chi connectivity index (χ2n) is 4.07. The van der Waals surface area contributed by atoms with E-state index in [1.54, 1.807) is 11.3 Å². The molecular formula is C11H15Br2NS. The molecule has 0 amide bonds. The summed E-state index contributed by atoms with van der Waals surface area (Å²) in [5, 5.41) is 3.65. The van der Waals surface area contributed by atoms with Gasteiger partial charge >= 0.3 is 0 Å². The largest absolute Gasteiger partial charge is 0.310 e. The van der Waals surface area contributed by atoms with Crippen LogP contribution in [-0.4, -0.2) is 6.04 Å². The molecule has 0 spiro atoms. The summed E-state index contributed by atoms with van der Waals surface area (Å²) < 4.78 is 2.45. The zero-order valence-corrected chi connectivity index (χ0v) is 12.6. The van der Waals surface area contributed by atoms with Crippen LogP contribution in [0.3, 0.4) is 0 Å². The topological polar surface area (TPSA) is 12.0 Å². The normalized spacial score (nSPS) is 18.3. The van der Waals surface area contributed by atoms with Crippen molar-refractivity contribution in [2.75, 3.05) is 0 Å². The van der Waals surface area contributed by atoms with Gasteiger partial charge in [0.25, 0.3) is 0 Å². The molecule has 1 nitrogen and oxygen atoms in total. The summed E-state index contributed by atoms with van der Waals surface area (Å²) in [6, 6.07) is 2.94. The number of nitrogens with one attached hydrogen (secondary N) is 1. The van der Waals surface area contributed by atoms with Crippen LogP contribution < -0.4 is 5.32 Å². The van der Waals surface area contributed by atoms with Gasteiger partial charge in [0, 0.05) is 12.6 Å². The molecule has 1 fully saturated rings. The maximum absolute atomic E-state index is 3.65. The fourth-order valence-corrected chi connectivity index (χ4v) is 4.88. The standard InChI is InChI=1S/C11H15Br2NS/c12-10-6-8(11(13)15-10)7-14-9-4-2-1-3-5-9/h6,9,14H,1-5,7H2. The minimum atomic E-state index is 0.740. The Morgan fingerprint density at radius 2 is 2.00 bits per heavy atom. The van der Waals surface area contributed by atoms with E-state index in [0.29, 0.717) is 0 Å². The second kappa shape index (κ2) is 5.80. The molecule has 1 aromatic heterocycles. The monoisotopic (exact) mass is 351 g/mol. The first kappa shape index (κ1) is 12.1. The van der Waals surface area contributed by atoms with Gasteiger partial charge in [-0.1, -0.05) is 19.3 Å². The molecule has 1 heterocycles. The minimum Gasteiger partial charge on any atom is -0.310 e. The highest BCUT2D eigenvalue weighted by Crippen LogP contribution is 2.32. The van der Waals surface area contributed by atoms with Gasteiger partial charge in [-0.2, -0.15) is 0 Å². The van der Waals surface area contributed by atoms with Crippen LogP contribution in [0.4, 0.5) is 0 Å². The Morgan fingerprint density at radius 3 is 2.60 bits per heavy atom. The molecule has 1 N–H and O–H groups in total. The van der Waals surface area contributed by atoms with Crippen molar-refractivity contribution in [3.63, 3.8) is 0 Å². The molecule has 0 saturated heterocycles. The van der Waals surface area contributed by atoms with Crippen molar-refractivity contribution in [1.82, 2.24) is 5.32 Å². The van der Waals surface area contributed by atoms with Crippen LogP contribution in [-0.2, 0) is 6.54 Å². The van der Waals surface area contributed by atoms with Gasteiger partial charge in [0.15, 0.2) is 0 Å². The number of thiophene rings is 1. The summed E-state index contributed by atoms with van der Waals surface area (Å²) in [6.07, 6.45) is 6.91. The first-order valence-corrected chi connectivity index (χ1v) is 7.83. The van der Waals surface area contributed by atoms with Gasteiger partial charge < -0.3 is 5.32 Å². The molecule has 0 atom stereocenters. The van der Waals surface area contributed by atoms with Crippen molar-refractivity contribution in [3.8, 4) is 0 Å². The lowest BCUT2D eigenvalue weighted by Gasteiger charge is -2.22. The van der Waals surface area contributed by atoms with E-state index in [2.05, 4.69) is 43.2 Å². The molecule has 0 aliphatic heterocycles. The highest BCUT2D eigenvalue weighted by molar-refractivity contribution is 9.12. The SMILES string of the molecule is Brc1cc(CNC2CCCCC2)c(Br)s1. The molecule has 1 saturated carbocycles. The van der Waals surface area contributed by atoms with E-state index in [0.717, 1.165) is 12.6 Å². The maximum Gasteiger partial charge on any atom is 0.0755 e. The van der Waals surface area contributed by atoms with E-state index in [9.17, 15) is 0 Å². The smallest absolute Gasteiger partial charge is 0.0755 e. The fourth-order valence-electron chi connectivity index (χ4n) is 2.06. The molecule has 0 bridgehead atoms. The van der Waals surface area contributed by atoms with E-state index < -0.39 is 0 Å². The molecule has 4 heteroatoms. The number of hydrogen-bond acceptors (Lipinski definition) is 2. The Morgan fingerprint density at radius 1 is 1.27 bits per heavy atom. The second-order valence-corrected chi connectivity index (χ2v) is 7.81. The van der Waals surface area contributed by atoms with E-state index in [4.69, 9.17) is 0 Å². The van der Waals surface area contributed by atoms with E-state index >= 15 is 0 Å². The third-order valence-corrected chi connectivity index (χ3v) is 5.38. The predicted octanol–water partition coefficient (Wildman–Crippen LogP) is 4.70. The summed E-state index contributed by atoms with van der Waals surface area (Å²) in [7, 11) is 0. The Hall–Kier alpha value is 0.620. The number of halogens is 2. The zero-order valence-electron chi connectivity index (χ0n) is 8.56. The summed E-state index contributed by atoms with van der Waals surface area (Å²) in [6.45, 7) is 0.993. The van der Waals surface area contributed by atoms with Crippen molar-refractivity contribution in [2.24, 2.45) is 0 Å². The first-order valence-electron chi connectivity index (χ1n) is 5.43. The third-order valence-electron chi connectivity index (χ3n) is 2.91. The molecular weight excluding hydrogens is 338 g/mol. The van der Waals surface area contributed by atoms with Gasteiger partial charge in [-0.15, -0.1) is 11.3 Å². The van der Waals surface area contributed by atoms with Gasteiger partial charge in [-0.25, -0.2) is 0 Å². The molecule has 0 radical (unpaired) electrons. The third kappa shape index (κ3) is 3.55. The van der Waals surface area contributed by atoms with Crippen molar-refractivity contribution in [3.05, 3.63) is 19.2 Å². The van der Waals surface area contributed by atoms with E-state index in [1.807, 2.05) is 0 Å². The van der Waals surface area contributed by atoms with Gasteiger partial charge in [0.05, 0.1) is 7.57 Å². The van der Waals surface area contributed by atoms with Crippen molar-refractivity contribution < 1.29 is 0 Å². The number of rotatable bonds is 3. The van der Waals surface area contributed by atoms with Crippen molar-refractivity contribution in [1.29, 1.82) is 0 Å². The molecule has 1 aromatic rings. The van der Waals surface area contributed by atoms with Crippen molar-refractivity contribution >= 4 is 43.2 Å². The van der Waals surface area contributed by atoms with Crippen LogP contribution in [0.15, 0.2) is 13.6 Å².